The summed E-state index contributed by atoms with van der Waals surface area (Å²) >= 11 is 0. The van der Waals surface area contributed by atoms with Crippen molar-refractivity contribution >= 4 is 34.1 Å². The minimum atomic E-state index is -0.199. The van der Waals surface area contributed by atoms with Crippen molar-refractivity contribution in [3.8, 4) is 11.3 Å². The van der Waals surface area contributed by atoms with E-state index in [-0.39, 0.29) is 11.9 Å². The third-order valence-electron chi connectivity index (χ3n) is 7.30. The molecule has 0 amide bonds. The molecule has 3 aliphatic rings. The van der Waals surface area contributed by atoms with Gasteiger partial charge in [0.25, 0.3) is 0 Å². The van der Waals surface area contributed by atoms with Gasteiger partial charge in [0.05, 0.1) is 35.3 Å². The van der Waals surface area contributed by atoms with Crippen molar-refractivity contribution in [3.63, 3.8) is 0 Å². The molecule has 8 heteroatoms. The van der Waals surface area contributed by atoms with Crippen molar-refractivity contribution in [2.75, 3.05) is 43.9 Å². The largest absolute Gasteiger partial charge is 0.396 e. The number of fused-ring (bicyclic) bond motifs is 2. The van der Waals surface area contributed by atoms with Crippen LogP contribution >= 0.6 is 0 Å². The van der Waals surface area contributed by atoms with Gasteiger partial charge in [-0.1, -0.05) is 6.07 Å². The number of morpholine rings is 1. The Morgan fingerprint density at radius 2 is 2.19 bits per heavy atom. The van der Waals surface area contributed by atoms with E-state index >= 15 is 0 Å². The van der Waals surface area contributed by atoms with Gasteiger partial charge in [-0.15, -0.1) is 0 Å². The molecule has 6 rings (SSSR count). The second-order valence-corrected chi connectivity index (χ2v) is 9.47. The van der Waals surface area contributed by atoms with E-state index in [0.717, 1.165) is 64.9 Å². The fourth-order valence-electron chi connectivity index (χ4n) is 5.53. The number of aromatic nitrogens is 2. The molecule has 36 heavy (non-hydrogen) atoms. The van der Waals surface area contributed by atoms with Crippen LogP contribution in [0.15, 0.2) is 59.6 Å². The number of ether oxygens (including phenoxy) is 1. The maximum absolute atomic E-state index is 14.1. The Labute approximate surface area is 209 Å². The van der Waals surface area contributed by atoms with Gasteiger partial charge in [0.1, 0.15) is 5.83 Å². The Kier molecular flexibility index (Phi) is 5.99. The SMILES string of the molecule is C/N=C/c1ccnc(-c2ccc3ncc(C4=CC(F)=CC4)c(N4CC[C@H]5NCCO[C@@H]5C4)c3c2)c1N. The van der Waals surface area contributed by atoms with E-state index in [1.54, 1.807) is 31.6 Å². The highest BCUT2D eigenvalue weighted by Crippen LogP contribution is 2.41. The number of aliphatic imine (C=N–C) groups is 1. The lowest BCUT2D eigenvalue weighted by Gasteiger charge is -2.43. The molecular weight excluding hydrogens is 455 g/mol. The van der Waals surface area contributed by atoms with Gasteiger partial charge in [0, 0.05) is 73.4 Å². The second kappa shape index (κ2) is 9.44. The van der Waals surface area contributed by atoms with E-state index in [0.29, 0.717) is 30.5 Å². The summed E-state index contributed by atoms with van der Waals surface area (Å²) < 4.78 is 20.2. The molecule has 2 atom stereocenters. The summed E-state index contributed by atoms with van der Waals surface area (Å²) in [6.45, 7) is 3.24. The van der Waals surface area contributed by atoms with Crippen molar-refractivity contribution < 1.29 is 9.13 Å². The number of anilines is 2. The van der Waals surface area contributed by atoms with Crippen molar-refractivity contribution in [2.45, 2.75) is 25.0 Å². The Morgan fingerprint density at radius 3 is 3.03 bits per heavy atom. The number of nitrogen functional groups attached to an aromatic ring is 1. The van der Waals surface area contributed by atoms with Gasteiger partial charge < -0.3 is 20.7 Å². The molecule has 1 aromatic carbocycles. The Bertz CT molecular complexity index is 1410. The summed E-state index contributed by atoms with van der Waals surface area (Å²) in [5, 5.41) is 4.59. The molecule has 0 spiro atoms. The van der Waals surface area contributed by atoms with Crippen LogP contribution in [0.25, 0.3) is 27.7 Å². The number of pyridine rings is 2. The number of nitrogens with zero attached hydrogens (tertiary/aromatic N) is 4. The lowest BCUT2D eigenvalue weighted by Crippen LogP contribution is -2.57. The van der Waals surface area contributed by atoms with Gasteiger partial charge >= 0.3 is 0 Å². The molecule has 4 heterocycles. The molecule has 3 aromatic rings. The molecule has 2 aromatic heterocycles. The number of benzene rings is 1. The topological polar surface area (TPSA) is 88.7 Å². The van der Waals surface area contributed by atoms with Gasteiger partial charge in [-0.3, -0.25) is 15.0 Å². The summed E-state index contributed by atoms with van der Waals surface area (Å²) in [6, 6.07) is 8.33. The molecular formula is C28H29FN6O. The van der Waals surface area contributed by atoms with E-state index in [2.05, 4.69) is 26.3 Å². The Morgan fingerprint density at radius 1 is 1.28 bits per heavy atom. The first-order chi connectivity index (χ1) is 17.6. The predicted octanol–water partition coefficient (Wildman–Crippen LogP) is 4.14. The zero-order valence-electron chi connectivity index (χ0n) is 20.2. The Hall–Kier alpha value is -3.62. The summed E-state index contributed by atoms with van der Waals surface area (Å²) in [4.78, 5) is 15.8. The lowest BCUT2D eigenvalue weighted by molar-refractivity contribution is -0.00899. The summed E-state index contributed by atoms with van der Waals surface area (Å²) in [7, 11) is 1.72. The van der Waals surface area contributed by atoms with E-state index < -0.39 is 0 Å². The lowest BCUT2D eigenvalue weighted by atomic mass is 9.94. The number of allylic oxidation sites excluding steroid dienone is 4. The van der Waals surface area contributed by atoms with Crippen LogP contribution in [-0.2, 0) is 4.74 Å². The standard InChI is InChI=1S/C28H29FN6O/c1-31-14-19-6-8-33-27(26(19)30)18-3-5-23-21(13-18)28(22(15-34-23)17-2-4-20(29)12-17)35-10-7-24-25(16-35)36-11-9-32-24/h3-6,8,12-15,24-25,32H,2,7,9-11,16,30H2,1H3/b31-14+/t24-,25-/m1/s1. The third kappa shape index (κ3) is 4.06. The number of hydrogen-bond donors (Lipinski definition) is 2. The first-order valence-electron chi connectivity index (χ1n) is 12.4. The van der Waals surface area contributed by atoms with Gasteiger partial charge in [-0.25, -0.2) is 4.39 Å². The predicted molar refractivity (Wildman–Crippen MR) is 143 cm³/mol. The first kappa shape index (κ1) is 22.8. The van der Waals surface area contributed by atoms with Gasteiger partial charge in [0.2, 0.25) is 0 Å². The summed E-state index contributed by atoms with van der Waals surface area (Å²) in [5.41, 5.74) is 13.3. The van der Waals surface area contributed by atoms with Crippen molar-refractivity contribution in [1.29, 1.82) is 0 Å². The third-order valence-corrected chi connectivity index (χ3v) is 7.30. The van der Waals surface area contributed by atoms with E-state index in [9.17, 15) is 4.39 Å². The fraction of sp³-hybridized carbons (Fsp3) is 0.321. The number of piperidine rings is 1. The van der Waals surface area contributed by atoms with Crippen LogP contribution in [0, 0.1) is 0 Å². The van der Waals surface area contributed by atoms with Gasteiger partial charge in [-0.05, 0) is 48.8 Å². The number of nitrogens with one attached hydrogen (secondary N) is 1. The fourth-order valence-corrected chi connectivity index (χ4v) is 5.53. The van der Waals surface area contributed by atoms with Crippen LogP contribution in [0.3, 0.4) is 0 Å². The van der Waals surface area contributed by atoms with Crippen molar-refractivity contribution in [3.05, 3.63) is 65.8 Å². The van der Waals surface area contributed by atoms with Crippen molar-refractivity contribution in [1.82, 2.24) is 15.3 Å². The van der Waals surface area contributed by atoms with Crippen LogP contribution in [0.4, 0.5) is 15.8 Å². The van der Waals surface area contributed by atoms with Crippen LogP contribution in [0.5, 0.6) is 0 Å². The van der Waals surface area contributed by atoms with Gasteiger partial charge in [-0.2, -0.15) is 0 Å². The number of nitrogens with two attached hydrogens (primary N) is 1. The maximum atomic E-state index is 14.1. The summed E-state index contributed by atoms with van der Waals surface area (Å²) in [6.07, 6.45) is 10.2. The van der Waals surface area contributed by atoms with Crippen LogP contribution in [0.2, 0.25) is 0 Å². The average molecular weight is 485 g/mol. The molecule has 1 aliphatic carbocycles. The number of rotatable bonds is 4. The highest BCUT2D eigenvalue weighted by Gasteiger charge is 2.34. The minimum absolute atomic E-state index is 0.112. The molecule has 2 saturated heterocycles. The highest BCUT2D eigenvalue weighted by molar-refractivity contribution is 6.01. The molecule has 184 valence electrons. The van der Waals surface area contributed by atoms with Gasteiger partial charge in [0.15, 0.2) is 0 Å². The molecule has 2 fully saturated rings. The normalized spacial score (nSPS) is 22.1. The van der Waals surface area contributed by atoms with E-state index in [1.165, 1.54) is 0 Å². The quantitative estimate of drug-likeness (QED) is 0.542. The molecule has 7 nitrogen and oxygen atoms in total. The highest BCUT2D eigenvalue weighted by atomic mass is 19.1. The average Bonchev–Trinajstić information content (AvgIpc) is 3.34. The van der Waals surface area contributed by atoms with Crippen LogP contribution in [-0.4, -0.2) is 61.6 Å². The van der Waals surface area contributed by atoms with E-state index in [1.807, 2.05) is 24.4 Å². The van der Waals surface area contributed by atoms with E-state index in [4.69, 9.17) is 15.5 Å². The number of hydrogen-bond acceptors (Lipinski definition) is 7. The zero-order chi connectivity index (χ0) is 24.6. The smallest absolute Gasteiger partial charge is 0.119 e. The van der Waals surface area contributed by atoms with Crippen molar-refractivity contribution in [2.24, 2.45) is 4.99 Å². The molecule has 3 N–H and O–H groups in total. The van der Waals surface area contributed by atoms with Crippen LogP contribution in [0.1, 0.15) is 24.0 Å². The van der Waals surface area contributed by atoms with Crippen LogP contribution < -0.4 is 16.0 Å². The Balaban J connectivity index is 1.51. The second-order valence-electron chi connectivity index (χ2n) is 9.47. The monoisotopic (exact) mass is 484 g/mol. The summed E-state index contributed by atoms with van der Waals surface area (Å²) in [5.74, 6) is -0.199. The minimum Gasteiger partial charge on any atom is -0.396 e. The molecule has 0 saturated carbocycles. The first-order valence-corrected chi connectivity index (χ1v) is 12.4. The molecule has 0 radical (unpaired) electrons. The number of halogens is 1. The maximum Gasteiger partial charge on any atom is 0.119 e. The molecule has 2 aliphatic heterocycles. The molecule has 0 unspecified atom stereocenters. The molecule has 0 bridgehead atoms. The zero-order valence-corrected chi connectivity index (χ0v) is 20.2.